The fourth-order valence-corrected chi connectivity index (χ4v) is 0.806. The van der Waals surface area contributed by atoms with E-state index in [0.717, 1.165) is 0 Å². The van der Waals surface area contributed by atoms with Gasteiger partial charge in [0.15, 0.2) is 6.17 Å². The van der Waals surface area contributed by atoms with E-state index in [1.54, 1.807) is 0 Å². The van der Waals surface area contributed by atoms with E-state index in [4.69, 9.17) is 10.2 Å². The molecule has 1 saturated heterocycles. The van der Waals surface area contributed by atoms with Crippen LogP contribution in [0.4, 0.5) is 4.39 Å². The standard InChI is InChI=1S/C5H9FO3/c6-3-2-9-4(1-7)5(3)8/h3-5,7-8H,1-2H2/t3-,4?,5-/m0/s1. The monoisotopic (exact) mass is 136 g/mol. The summed E-state index contributed by atoms with van der Waals surface area (Å²) in [6, 6.07) is 0. The Bertz CT molecular complexity index is 98.2. The van der Waals surface area contributed by atoms with Crippen LogP contribution in [0.25, 0.3) is 0 Å². The van der Waals surface area contributed by atoms with Crippen molar-refractivity contribution in [3.63, 3.8) is 0 Å². The number of alkyl halides is 1. The maximum Gasteiger partial charge on any atom is 0.152 e. The van der Waals surface area contributed by atoms with Gasteiger partial charge in [0.1, 0.15) is 12.2 Å². The lowest BCUT2D eigenvalue weighted by molar-refractivity contribution is 0.000304. The fraction of sp³-hybridized carbons (Fsp3) is 1.00. The second-order valence-electron chi connectivity index (χ2n) is 2.06. The van der Waals surface area contributed by atoms with Gasteiger partial charge < -0.3 is 14.9 Å². The van der Waals surface area contributed by atoms with Crippen molar-refractivity contribution in [2.75, 3.05) is 13.2 Å². The van der Waals surface area contributed by atoms with E-state index in [1.807, 2.05) is 0 Å². The van der Waals surface area contributed by atoms with Crippen molar-refractivity contribution in [1.29, 1.82) is 0 Å². The minimum absolute atomic E-state index is 0.105. The Balaban J connectivity index is 2.41. The Morgan fingerprint density at radius 2 is 2.33 bits per heavy atom. The molecular weight excluding hydrogens is 127 g/mol. The van der Waals surface area contributed by atoms with Crippen LogP contribution in [0.15, 0.2) is 0 Å². The average Bonchev–Trinajstić information content (AvgIpc) is 2.15. The lowest BCUT2D eigenvalue weighted by Gasteiger charge is -2.09. The molecule has 2 N–H and O–H groups in total. The van der Waals surface area contributed by atoms with Gasteiger partial charge in [-0.1, -0.05) is 0 Å². The van der Waals surface area contributed by atoms with Gasteiger partial charge in [0, 0.05) is 0 Å². The van der Waals surface area contributed by atoms with Crippen LogP contribution in [-0.2, 0) is 4.74 Å². The van der Waals surface area contributed by atoms with E-state index < -0.39 is 18.4 Å². The number of aliphatic hydroxyl groups is 2. The summed E-state index contributed by atoms with van der Waals surface area (Å²) in [5.74, 6) is 0. The van der Waals surface area contributed by atoms with Gasteiger partial charge in [0.05, 0.1) is 13.2 Å². The van der Waals surface area contributed by atoms with Gasteiger partial charge in [-0.25, -0.2) is 4.39 Å². The minimum atomic E-state index is -1.33. The fourth-order valence-electron chi connectivity index (χ4n) is 0.806. The second-order valence-corrected chi connectivity index (χ2v) is 2.06. The predicted octanol–water partition coefficient (Wildman–Crippen LogP) is -0.923. The second kappa shape index (κ2) is 2.60. The van der Waals surface area contributed by atoms with Gasteiger partial charge in [-0.05, 0) is 0 Å². The molecule has 3 nitrogen and oxygen atoms in total. The molecule has 54 valence electrons. The third kappa shape index (κ3) is 1.20. The third-order valence-electron chi connectivity index (χ3n) is 1.40. The predicted molar refractivity (Wildman–Crippen MR) is 27.7 cm³/mol. The summed E-state index contributed by atoms with van der Waals surface area (Å²) in [7, 11) is 0. The van der Waals surface area contributed by atoms with Crippen LogP contribution in [0, 0.1) is 0 Å². The van der Waals surface area contributed by atoms with Crippen LogP contribution >= 0.6 is 0 Å². The molecule has 1 rings (SSSR count). The first-order valence-corrected chi connectivity index (χ1v) is 2.80. The van der Waals surface area contributed by atoms with E-state index in [9.17, 15) is 4.39 Å². The number of halogens is 1. The van der Waals surface area contributed by atoms with Crippen molar-refractivity contribution < 1.29 is 19.3 Å². The zero-order valence-corrected chi connectivity index (χ0v) is 4.83. The molecule has 0 aromatic rings. The topological polar surface area (TPSA) is 49.7 Å². The number of hydrogen-bond donors (Lipinski definition) is 2. The molecule has 0 aromatic carbocycles. The Hall–Kier alpha value is -0.190. The highest BCUT2D eigenvalue weighted by Crippen LogP contribution is 2.15. The number of rotatable bonds is 1. The van der Waals surface area contributed by atoms with Crippen molar-refractivity contribution in [2.45, 2.75) is 18.4 Å². The molecule has 1 aliphatic heterocycles. The van der Waals surface area contributed by atoms with Crippen LogP contribution in [0.5, 0.6) is 0 Å². The molecule has 0 radical (unpaired) electrons. The molecule has 0 aromatic heterocycles. The van der Waals surface area contributed by atoms with E-state index >= 15 is 0 Å². The highest BCUT2D eigenvalue weighted by Gasteiger charge is 2.35. The van der Waals surface area contributed by atoms with Crippen LogP contribution in [0.2, 0.25) is 0 Å². The average molecular weight is 136 g/mol. The van der Waals surface area contributed by atoms with Crippen LogP contribution in [0.1, 0.15) is 0 Å². The molecule has 0 bridgehead atoms. The lowest BCUT2D eigenvalue weighted by atomic mass is 10.2. The molecule has 1 heterocycles. The molecule has 0 spiro atoms. The molecular formula is C5H9FO3. The number of aliphatic hydroxyl groups excluding tert-OH is 2. The molecule has 1 aliphatic rings. The summed E-state index contributed by atoms with van der Waals surface area (Å²) in [6.45, 7) is -0.423. The molecule has 9 heavy (non-hydrogen) atoms. The van der Waals surface area contributed by atoms with Gasteiger partial charge in [0.2, 0.25) is 0 Å². The normalized spacial score (nSPS) is 43.7. The molecule has 3 atom stereocenters. The first kappa shape index (κ1) is 6.92. The Labute approximate surface area is 52.1 Å². The van der Waals surface area contributed by atoms with Crippen molar-refractivity contribution >= 4 is 0 Å². The van der Waals surface area contributed by atoms with E-state index in [2.05, 4.69) is 4.74 Å². The van der Waals surface area contributed by atoms with Crippen molar-refractivity contribution in [1.82, 2.24) is 0 Å². The molecule has 0 saturated carbocycles. The largest absolute Gasteiger partial charge is 0.394 e. The minimum Gasteiger partial charge on any atom is -0.394 e. The van der Waals surface area contributed by atoms with Crippen molar-refractivity contribution in [3.05, 3.63) is 0 Å². The van der Waals surface area contributed by atoms with E-state index in [-0.39, 0.29) is 13.2 Å². The Morgan fingerprint density at radius 3 is 2.56 bits per heavy atom. The van der Waals surface area contributed by atoms with Crippen molar-refractivity contribution in [3.8, 4) is 0 Å². The van der Waals surface area contributed by atoms with Gasteiger partial charge in [-0.2, -0.15) is 0 Å². The maximum absolute atomic E-state index is 12.3. The SMILES string of the molecule is OCC1OC[C@H](F)[C@@H]1O. The first-order valence-electron chi connectivity index (χ1n) is 2.80. The first-order chi connectivity index (χ1) is 4.25. The van der Waals surface area contributed by atoms with Gasteiger partial charge in [-0.15, -0.1) is 0 Å². The van der Waals surface area contributed by atoms with E-state index in [0.29, 0.717) is 0 Å². The molecule has 1 fully saturated rings. The van der Waals surface area contributed by atoms with Crippen LogP contribution in [-0.4, -0.2) is 41.8 Å². The zero-order chi connectivity index (χ0) is 6.85. The summed E-state index contributed by atoms with van der Waals surface area (Å²) in [4.78, 5) is 0. The third-order valence-corrected chi connectivity index (χ3v) is 1.40. The highest BCUT2D eigenvalue weighted by atomic mass is 19.1. The molecule has 0 aliphatic carbocycles. The zero-order valence-electron chi connectivity index (χ0n) is 4.83. The smallest absolute Gasteiger partial charge is 0.152 e. The number of hydrogen-bond acceptors (Lipinski definition) is 3. The maximum atomic E-state index is 12.3. The van der Waals surface area contributed by atoms with Crippen LogP contribution in [0.3, 0.4) is 0 Å². The summed E-state index contributed by atoms with van der Waals surface area (Å²) < 4.78 is 16.9. The van der Waals surface area contributed by atoms with Gasteiger partial charge in [-0.3, -0.25) is 0 Å². The molecule has 0 amide bonds. The summed E-state index contributed by atoms with van der Waals surface area (Å²) in [5, 5.41) is 17.2. The summed E-state index contributed by atoms with van der Waals surface area (Å²) >= 11 is 0. The quantitative estimate of drug-likeness (QED) is 0.490. The van der Waals surface area contributed by atoms with E-state index in [1.165, 1.54) is 0 Å². The molecule has 1 unspecified atom stereocenters. The Morgan fingerprint density at radius 1 is 1.67 bits per heavy atom. The highest BCUT2D eigenvalue weighted by molar-refractivity contribution is 4.82. The lowest BCUT2D eigenvalue weighted by Crippen LogP contribution is -2.29. The van der Waals surface area contributed by atoms with Crippen molar-refractivity contribution in [2.24, 2.45) is 0 Å². The molecule has 4 heteroatoms. The Kier molecular flexibility index (Phi) is 2.00. The summed E-state index contributed by atoms with van der Waals surface area (Å²) in [5.41, 5.74) is 0. The number of ether oxygens (including phenoxy) is 1. The van der Waals surface area contributed by atoms with Gasteiger partial charge >= 0.3 is 0 Å². The summed E-state index contributed by atoms with van der Waals surface area (Å²) in [6.07, 6.45) is -3.20. The van der Waals surface area contributed by atoms with Gasteiger partial charge in [0.25, 0.3) is 0 Å². The van der Waals surface area contributed by atoms with Crippen LogP contribution < -0.4 is 0 Å².